The van der Waals surface area contributed by atoms with Crippen LogP contribution in [0.3, 0.4) is 0 Å². The lowest BCUT2D eigenvalue weighted by Crippen LogP contribution is -2.60. The average molecular weight is 536 g/mol. The third-order valence-electron chi connectivity index (χ3n) is 5.98. The number of nitrogens with one attached hydrogen (secondary N) is 2. The molecule has 0 aliphatic carbocycles. The van der Waals surface area contributed by atoms with Crippen LogP contribution in [0.4, 0.5) is 4.79 Å². The molecule has 0 saturated heterocycles. The average Bonchev–Trinajstić information content (AvgIpc) is 2.82. The fraction of sp³-hybridized carbons (Fsp3) is 0.643. The Morgan fingerprint density at radius 3 is 1.97 bits per heavy atom. The van der Waals surface area contributed by atoms with Gasteiger partial charge in [0.05, 0.1) is 0 Å². The molecule has 214 valence electrons. The summed E-state index contributed by atoms with van der Waals surface area (Å²) in [7, 11) is 0. The fourth-order valence-electron chi connectivity index (χ4n) is 3.65. The van der Waals surface area contributed by atoms with E-state index >= 15 is 0 Å². The van der Waals surface area contributed by atoms with Gasteiger partial charge in [0.1, 0.15) is 30.3 Å². The molecule has 1 aromatic rings. The molecule has 0 heterocycles. The van der Waals surface area contributed by atoms with E-state index in [4.69, 9.17) is 9.47 Å². The van der Waals surface area contributed by atoms with Crippen LogP contribution in [0.25, 0.3) is 0 Å². The van der Waals surface area contributed by atoms with E-state index in [0.717, 1.165) is 5.56 Å². The van der Waals surface area contributed by atoms with Gasteiger partial charge in [-0.25, -0.2) is 14.7 Å². The molecule has 10 nitrogen and oxygen atoms in total. The Morgan fingerprint density at radius 2 is 1.50 bits per heavy atom. The van der Waals surface area contributed by atoms with Crippen molar-refractivity contribution < 1.29 is 33.9 Å². The lowest BCUT2D eigenvalue weighted by Gasteiger charge is -2.34. The number of carbonyl (C=O) groups excluding carboxylic acids is 4. The summed E-state index contributed by atoms with van der Waals surface area (Å²) in [5.41, 5.74) is 0.0170. The predicted octanol–water partition coefficient (Wildman–Crippen LogP) is 4.05. The van der Waals surface area contributed by atoms with Gasteiger partial charge in [0.15, 0.2) is 0 Å². The molecule has 0 saturated carbocycles. The van der Waals surface area contributed by atoms with Crippen LogP contribution in [0, 0.1) is 17.8 Å². The minimum Gasteiger partial charge on any atom is -0.459 e. The number of alkyl carbamates (subject to hydrolysis) is 1. The lowest BCUT2D eigenvalue weighted by molar-refractivity contribution is -0.187. The zero-order valence-electron chi connectivity index (χ0n) is 24.1. The van der Waals surface area contributed by atoms with Crippen molar-refractivity contribution >= 4 is 23.9 Å². The third-order valence-corrected chi connectivity index (χ3v) is 5.98. The molecule has 1 aromatic carbocycles. The molecule has 4 atom stereocenters. The molecule has 0 fully saturated rings. The van der Waals surface area contributed by atoms with Crippen LogP contribution in [0.5, 0.6) is 0 Å². The Kier molecular flexibility index (Phi) is 12.7. The zero-order chi connectivity index (χ0) is 29.2. The first-order valence-corrected chi connectivity index (χ1v) is 13.1. The first kappa shape index (κ1) is 32.9. The standard InChI is InChI=1S/C28H45N3O7/c1-10-19(6)22(30-27(35)38-28(7,8)9)25(33)31(36)23(18(4)5)24(32)29-21(17(2)3)26(34)37-16-20-14-12-11-13-15-20/h11-15,17-19,21-23,36H,10,16H2,1-9H3,(H,29,32)(H,30,35)/t19-,21-,22-,23-/m0/s1. The Morgan fingerprint density at radius 1 is 0.921 bits per heavy atom. The first-order valence-electron chi connectivity index (χ1n) is 13.1. The molecule has 0 unspecified atom stereocenters. The molecule has 3 N–H and O–H groups in total. The van der Waals surface area contributed by atoms with Gasteiger partial charge in [-0.15, -0.1) is 0 Å². The summed E-state index contributed by atoms with van der Waals surface area (Å²) >= 11 is 0. The van der Waals surface area contributed by atoms with Gasteiger partial charge >= 0.3 is 12.1 Å². The molecular formula is C28H45N3O7. The zero-order valence-corrected chi connectivity index (χ0v) is 24.1. The maximum atomic E-state index is 13.3. The highest BCUT2D eigenvalue weighted by Gasteiger charge is 2.40. The maximum absolute atomic E-state index is 13.3. The molecular weight excluding hydrogens is 490 g/mol. The fourth-order valence-corrected chi connectivity index (χ4v) is 3.65. The number of esters is 1. The van der Waals surface area contributed by atoms with Crippen LogP contribution in [-0.4, -0.2) is 57.9 Å². The van der Waals surface area contributed by atoms with Crippen LogP contribution >= 0.6 is 0 Å². The van der Waals surface area contributed by atoms with E-state index in [2.05, 4.69) is 10.6 Å². The van der Waals surface area contributed by atoms with Crippen LogP contribution in [0.1, 0.15) is 74.3 Å². The lowest BCUT2D eigenvalue weighted by atomic mass is 9.96. The Bertz CT molecular complexity index is 928. The van der Waals surface area contributed by atoms with Crippen molar-refractivity contribution in [3.63, 3.8) is 0 Å². The highest BCUT2D eigenvalue weighted by molar-refractivity contribution is 5.92. The van der Waals surface area contributed by atoms with Crippen molar-refractivity contribution in [3.05, 3.63) is 35.9 Å². The van der Waals surface area contributed by atoms with Gasteiger partial charge in [0.25, 0.3) is 5.91 Å². The molecule has 38 heavy (non-hydrogen) atoms. The summed E-state index contributed by atoms with van der Waals surface area (Å²) in [5, 5.41) is 16.5. The Balaban J connectivity index is 3.06. The van der Waals surface area contributed by atoms with Gasteiger partial charge in [-0.05, 0) is 44.1 Å². The smallest absolute Gasteiger partial charge is 0.408 e. The van der Waals surface area contributed by atoms with Crippen LogP contribution in [0.15, 0.2) is 30.3 Å². The summed E-state index contributed by atoms with van der Waals surface area (Å²) < 4.78 is 10.7. The number of ether oxygens (including phenoxy) is 2. The van der Waals surface area contributed by atoms with E-state index in [-0.39, 0.29) is 18.4 Å². The molecule has 3 amide bonds. The minimum absolute atomic E-state index is 0.0455. The molecule has 1 rings (SSSR count). The summed E-state index contributed by atoms with van der Waals surface area (Å²) in [6.45, 7) is 15.6. The van der Waals surface area contributed by atoms with Crippen LogP contribution in [-0.2, 0) is 30.5 Å². The molecule has 0 radical (unpaired) electrons. The van der Waals surface area contributed by atoms with E-state index in [9.17, 15) is 24.4 Å². The topological polar surface area (TPSA) is 134 Å². The Labute approximate surface area is 226 Å². The number of hydroxylamine groups is 2. The second-order valence-electron chi connectivity index (χ2n) is 11.2. The van der Waals surface area contributed by atoms with Crippen molar-refractivity contribution in [2.24, 2.45) is 17.8 Å². The number of carbonyl (C=O) groups is 4. The molecule has 0 aliphatic heterocycles. The van der Waals surface area contributed by atoms with Crippen molar-refractivity contribution in [1.29, 1.82) is 0 Å². The van der Waals surface area contributed by atoms with E-state index < -0.39 is 53.5 Å². The van der Waals surface area contributed by atoms with Gasteiger partial charge in [-0.2, -0.15) is 0 Å². The SMILES string of the molecule is CC[C@H](C)[C@H](NC(=O)OC(C)(C)C)C(=O)N(O)[C@H](C(=O)N[C@H](C(=O)OCc1ccccc1)C(C)C)C(C)C. The highest BCUT2D eigenvalue weighted by Crippen LogP contribution is 2.18. The monoisotopic (exact) mass is 535 g/mol. The largest absolute Gasteiger partial charge is 0.459 e. The van der Waals surface area contributed by atoms with E-state index in [1.165, 1.54) is 0 Å². The number of benzene rings is 1. The van der Waals surface area contributed by atoms with Gasteiger partial charge in [-0.3, -0.25) is 14.8 Å². The van der Waals surface area contributed by atoms with E-state index in [1.54, 1.807) is 55.4 Å². The quantitative estimate of drug-likeness (QED) is 0.209. The van der Waals surface area contributed by atoms with Crippen molar-refractivity contribution in [2.45, 2.75) is 99.1 Å². The summed E-state index contributed by atoms with van der Waals surface area (Å²) in [4.78, 5) is 51.9. The summed E-state index contributed by atoms with van der Waals surface area (Å²) in [6, 6.07) is 5.69. The number of rotatable bonds is 12. The van der Waals surface area contributed by atoms with E-state index in [1.807, 2.05) is 37.3 Å². The molecule has 0 bridgehead atoms. The van der Waals surface area contributed by atoms with Crippen LogP contribution < -0.4 is 10.6 Å². The van der Waals surface area contributed by atoms with Gasteiger partial charge < -0.3 is 20.1 Å². The second-order valence-corrected chi connectivity index (χ2v) is 11.2. The predicted molar refractivity (Wildman–Crippen MR) is 143 cm³/mol. The van der Waals surface area contributed by atoms with Gasteiger partial charge in [0.2, 0.25) is 5.91 Å². The molecule has 10 heteroatoms. The Hall–Kier alpha value is -3.14. The molecule has 0 aromatic heterocycles. The highest BCUT2D eigenvalue weighted by atomic mass is 16.6. The second kappa shape index (κ2) is 14.7. The van der Waals surface area contributed by atoms with Crippen LogP contribution in [0.2, 0.25) is 0 Å². The minimum atomic E-state index is -1.32. The molecule has 0 spiro atoms. The van der Waals surface area contributed by atoms with Crippen molar-refractivity contribution in [1.82, 2.24) is 15.7 Å². The number of hydrogen-bond donors (Lipinski definition) is 3. The first-order chi connectivity index (χ1) is 17.6. The van der Waals surface area contributed by atoms with Gasteiger partial charge in [0, 0.05) is 0 Å². The van der Waals surface area contributed by atoms with Crippen molar-refractivity contribution in [3.8, 4) is 0 Å². The number of amides is 3. The van der Waals surface area contributed by atoms with Crippen molar-refractivity contribution in [2.75, 3.05) is 0 Å². The maximum Gasteiger partial charge on any atom is 0.408 e. The summed E-state index contributed by atoms with van der Waals surface area (Å²) in [5.74, 6) is -3.40. The molecule has 0 aliphatic rings. The number of hydrogen-bond acceptors (Lipinski definition) is 7. The third kappa shape index (κ3) is 10.3. The normalized spacial score (nSPS) is 14.7. The van der Waals surface area contributed by atoms with E-state index in [0.29, 0.717) is 11.5 Å². The summed E-state index contributed by atoms with van der Waals surface area (Å²) in [6.07, 6.45) is -0.294. The van der Waals surface area contributed by atoms with Gasteiger partial charge in [-0.1, -0.05) is 78.3 Å². The number of nitrogens with zero attached hydrogens (tertiary/aromatic N) is 1.